The minimum atomic E-state index is -4.97. The van der Waals surface area contributed by atoms with Crippen LogP contribution >= 0.6 is 0 Å². The first-order chi connectivity index (χ1) is 11.4. The van der Waals surface area contributed by atoms with Crippen LogP contribution in [0.2, 0.25) is 0 Å². The van der Waals surface area contributed by atoms with Crippen LogP contribution in [0.5, 0.6) is 0 Å². The van der Waals surface area contributed by atoms with Crippen LogP contribution in [-0.2, 0) is 11.2 Å². The highest BCUT2D eigenvalue weighted by Crippen LogP contribution is 2.33. The molecule has 2 heterocycles. The smallest absolute Gasteiger partial charge is 0.364 e. The lowest BCUT2D eigenvalue weighted by molar-refractivity contribution is -0.173. The number of aromatic nitrogens is 1. The van der Waals surface area contributed by atoms with Crippen molar-refractivity contribution >= 4 is 17.5 Å². The van der Waals surface area contributed by atoms with E-state index in [1.165, 1.54) is 17.2 Å². The van der Waals surface area contributed by atoms with E-state index in [4.69, 9.17) is 0 Å². The largest absolute Gasteiger partial charge is 0.471 e. The summed E-state index contributed by atoms with van der Waals surface area (Å²) in [5.74, 6) is -2.53. The number of hydrogen-bond acceptors (Lipinski definition) is 4. The Morgan fingerprint density at radius 1 is 1.29 bits per heavy atom. The summed E-state index contributed by atoms with van der Waals surface area (Å²) in [6, 6.07) is 7.70. The molecule has 6 nitrogen and oxygen atoms in total. The first-order valence-electron chi connectivity index (χ1n) is 7.05. The van der Waals surface area contributed by atoms with Crippen molar-refractivity contribution in [1.82, 2.24) is 10.5 Å². The second-order valence-corrected chi connectivity index (χ2v) is 5.25. The van der Waals surface area contributed by atoms with Gasteiger partial charge in [-0.05, 0) is 18.1 Å². The fraction of sp³-hybridized carbons (Fsp3) is 0.267. The number of fused-ring (bicyclic) bond motifs is 1. The Bertz CT molecular complexity index is 759. The van der Waals surface area contributed by atoms with Crippen molar-refractivity contribution in [3.05, 3.63) is 47.9 Å². The molecule has 1 aliphatic heterocycles. The highest BCUT2D eigenvalue weighted by Gasteiger charge is 2.40. The van der Waals surface area contributed by atoms with Crippen LogP contribution in [-0.4, -0.2) is 35.7 Å². The highest BCUT2D eigenvalue weighted by atomic mass is 19.4. The monoisotopic (exact) mass is 339 g/mol. The summed E-state index contributed by atoms with van der Waals surface area (Å²) in [4.78, 5) is 25.0. The second-order valence-electron chi connectivity index (χ2n) is 5.25. The zero-order valence-electron chi connectivity index (χ0n) is 12.2. The predicted molar refractivity (Wildman–Crippen MR) is 76.3 cm³/mol. The van der Waals surface area contributed by atoms with Gasteiger partial charge in [0.15, 0.2) is 5.69 Å². The third-order valence-corrected chi connectivity index (χ3v) is 3.70. The number of hydrogen-bond donors (Lipinski definition) is 1. The molecule has 0 fully saturated rings. The van der Waals surface area contributed by atoms with Gasteiger partial charge in [0.2, 0.25) is 0 Å². The molecular formula is C15H12F3N3O3. The Morgan fingerprint density at radius 3 is 2.71 bits per heavy atom. The van der Waals surface area contributed by atoms with Gasteiger partial charge in [0, 0.05) is 18.3 Å². The van der Waals surface area contributed by atoms with Crippen LogP contribution in [0.1, 0.15) is 16.1 Å². The van der Waals surface area contributed by atoms with Crippen molar-refractivity contribution in [1.29, 1.82) is 0 Å². The molecule has 2 amide bonds. The fourth-order valence-electron chi connectivity index (χ4n) is 2.66. The second kappa shape index (κ2) is 5.99. The average molecular weight is 339 g/mol. The normalized spacial score (nSPS) is 16.8. The van der Waals surface area contributed by atoms with Gasteiger partial charge in [0.25, 0.3) is 5.91 Å². The van der Waals surface area contributed by atoms with Gasteiger partial charge in [-0.15, -0.1) is 0 Å². The van der Waals surface area contributed by atoms with Crippen molar-refractivity contribution in [3.8, 4) is 0 Å². The molecule has 2 aromatic rings. The van der Waals surface area contributed by atoms with Crippen molar-refractivity contribution in [2.45, 2.75) is 18.6 Å². The summed E-state index contributed by atoms with van der Waals surface area (Å²) >= 11 is 0. The number of para-hydroxylation sites is 1. The van der Waals surface area contributed by atoms with E-state index in [1.807, 2.05) is 5.32 Å². The summed E-state index contributed by atoms with van der Waals surface area (Å²) in [7, 11) is 0. The van der Waals surface area contributed by atoms with Gasteiger partial charge in [0.05, 0.1) is 6.04 Å². The lowest BCUT2D eigenvalue weighted by Gasteiger charge is -2.25. The third-order valence-electron chi connectivity index (χ3n) is 3.70. The van der Waals surface area contributed by atoms with E-state index in [2.05, 4.69) is 9.68 Å². The molecule has 0 radical (unpaired) electrons. The molecule has 1 aliphatic rings. The number of benzene rings is 1. The number of carbonyl (C=O) groups is 2. The maximum absolute atomic E-state index is 12.6. The maximum Gasteiger partial charge on any atom is 0.471 e. The molecule has 1 aromatic carbocycles. The lowest BCUT2D eigenvalue weighted by atomic mass is 10.1. The molecule has 0 aliphatic carbocycles. The molecule has 24 heavy (non-hydrogen) atoms. The molecule has 1 N–H and O–H groups in total. The molecular weight excluding hydrogens is 327 g/mol. The molecule has 0 saturated heterocycles. The molecule has 0 unspecified atom stereocenters. The summed E-state index contributed by atoms with van der Waals surface area (Å²) in [5.41, 5.74) is 1.43. The SMILES string of the molecule is O=C(c1ccon1)N1c2ccccc2C[C@@H]1CNC(=O)C(F)(F)F. The van der Waals surface area contributed by atoms with E-state index in [0.29, 0.717) is 12.1 Å². The molecule has 0 saturated carbocycles. The average Bonchev–Trinajstić information content (AvgIpc) is 3.18. The standard InChI is InChI=1S/C15H12F3N3O3/c16-15(17,18)14(23)19-8-10-7-9-3-1-2-4-12(9)21(10)13(22)11-5-6-24-20-11/h1-6,10H,7-8H2,(H,19,23)/t10-/m1/s1. The number of carbonyl (C=O) groups excluding carboxylic acids is 2. The minimum Gasteiger partial charge on any atom is -0.364 e. The molecule has 1 atom stereocenters. The van der Waals surface area contributed by atoms with Gasteiger partial charge in [-0.25, -0.2) is 0 Å². The van der Waals surface area contributed by atoms with E-state index < -0.39 is 24.0 Å². The summed E-state index contributed by atoms with van der Waals surface area (Å²) in [5, 5.41) is 5.40. The quantitative estimate of drug-likeness (QED) is 0.927. The lowest BCUT2D eigenvalue weighted by Crippen LogP contribution is -2.48. The number of amides is 2. The van der Waals surface area contributed by atoms with Gasteiger partial charge in [-0.1, -0.05) is 23.4 Å². The van der Waals surface area contributed by atoms with Crippen molar-refractivity contribution in [2.75, 3.05) is 11.4 Å². The summed E-state index contributed by atoms with van der Waals surface area (Å²) < 4.78 is 41.7. The van der Waals surface area contributed by atoms with Crippen molar-refractivity contribution in [2.24, 2.45) is 0 Å². The van der Waals surface area contributed by atoms with Crippen molar-refractivity contribution in [3.63, 3.8) is 0 Å². The molecule has 0 bridgehead atoms. The first kappa shape index (κ1) is 16.0. The molecule has 0 spiro atoms. The maximum atomic E-state index is 12.6. The Kier molecular flexibility index (Phi) is 4.00. The van der Waals surface area contributed by atoms with E-state index >= 15 is 0 Å². The summed E-state index contributed by atoms with van der Waals surface area (Å²) in [6.45, 7) is -0.323. The van der Waals surface area contributed by atoms with Crippen LogP contribution in [0.3, 0.4) is 0 Å². The zero-order chi connectivity index (χ0) is 17.3. The van der Waals surface area contributed by atoms with Crippen LogP contribution in [0, 0.1) is 0 Å². The zero-order valence-corrected chi connectivity index (χ0v) is 12.2. The molecule has 3 rings (SSSR count). The minimum absolute atomic E-state index is 0.0406. The Labute approximate surface area is 134 Å². The van der Waals surface area contributed by atoms with E-state index in [9.17, 15) is 22.8 Å². The topological polar surface area (TPSA) is 75.4 Å². The highest BCUT2D eigenvalue weighted by molar-refractivity contribution is 6.06. The number of anilines is 1. The van der Waals surface area contributed by atoms with E-state index in [1.54, 1.807) is 24.3 Å². The van der Waals surface area contributed by atoms with Gasteiger partial charge < -0.3 is 14.7 Å². The predicted octanol–water partition coefficient (Wildman–Crippen LogP) is 1.92. The van der Waals surface area contributed by atoms with Crippen molar-refractivity contribution < 1.29 is 27.3 Å². The number of halogens is 3. The molecule has 126 valence electrons. The van der Waals surface area contributed by atoms with Crippen LogP contribution < -0.4 is 10.2 Å². The summed E-state index contributed by atoms with van der Waals surface area (Å²) in [6.07, 6.45) is -3.40. The molecule has 1 aromatic heterocycles. The first-order valence-corrected chi connectivity index (χ1v) is 7.05. The van der Waals surface area contributed by atoms with E-state index in [0.717, 1.165) is 5.56 Å². The third kappa shape index (κ3) is 2.97. The molecule has 9 heteroatoms. The Morgan fingerprint density at radius 2 is 2.04 bits per heavy atom. The number of nitrogens with zero attached hydrogens (tertiary/aromatic N) is 2. The van der Waals surface area contributed by atoms with Gasteiger partial charge in [0.1, 0.15) is 6.26 Å². The Balaban J connectivity index is 1.83. The van der Waals surface area contributed by atoms with Gasteiger partial charge in [-0.3, -0.25) is 9.59 Å². The van der Waals surface area contributed by atoms with Gasteiger partial charge >= 0.3 is 12.1 Å². The van der Waals surface area contributed by atoms with Crippen LogP contribution in [0.4, 0.5) is 18.9 Å². The Hall–Kier alpha value is -2.84. The number of rotatable bonds is 3. The number of alkyl halides is 3. The fourth-order valence-corrected chi connectivity index (χ4v) is 2.66. The van der Waals surface area contributed by atoms with Crippen LogP contribution in [0.15, 0.2) is 41.1 Å². The van der Waals surface area contributed by atoms with E-state index in [-0.39, 0.29) is 12.2 Å². The van der Waals surface area contributed by atoms with Gasteiger partial charge in [-0.2, -0.15) is 13.2 Å². The van der Waals surface area contributed by atoms with Crippen LogP contribution in [0.25, 0.3) is 0 Å². The number of nitrogens with one attached hydrogen (secondary N) is 1.